The maximum absolute atomic E-state index is 6.31. The molecule has 0 unspecified atom stereocenters. The van der Waals surface area contributed by atoms with E-state index >= 15 is 0 Å². The number of fused-ring (bicyclic) bond motifs is 4. The van der Waals surface area contributed by atoms with Gasteiger partial charge in [-0.15, -0.1) is 0 Å². The molecule has 21 heavy (non-hydrogen) atoms. The third-order valence-corrected chi connectivity index (χ3v) is 4.44. The van der Waals surface area contributed by atoms with Gasteiger partial charge >= 0.3 is 0 Å². The van der Waals surface area contributed by atoms with Gasteiger partial charge in [0.05, 0.1) is 11.0 Å². The highest BCUT2D eigenvalue weighted by atomic mass is 35.5. The van der Waals surface area contributed by atoms with Crippen molar-refractivity contribution in [2.45, 2.75) is 13.3 Å². The molecule has 2 aromatic heterocycles. The van der Waals surface area contributed by atoms with E-state index in [0.29, 0.717) is 10.3 Å². The number of aromatic amines is 1. The molecule has 2 heterocycles. The standard InChI is InChI=1S/C16H11Cl2N3/c1-2-8-13-11(15(17)20-21-16(13)18)7-10-9-5-3-4-6-12(9)19-14(8)10/h3-7,21H,2H2,1H3. The Morgan fingerprint density at radius 2 is 1.90 bits per heavy atom. The summed E-state index contributed by atoms with van der Waals surface area (Å²) in [7, 11) is 0. The van der Waals surface area contributed by atoms with E-state index in [9.17, 15) is 0 Å². The molecule has 2 aromatic carbocycles. The fourth-order valence-electron chi connectivity index (χ4n) is 2.95. The zero-order valence-electron chi connectivity index (χ0n) is 11.2. The van der Waals surface area contributed by atoms with Crippen molar-refractivity contribution in [1.29, 1.82) is 0 Å². The molecule has 0 aliphatic rings. The molecule has 0 spiro atoms. The van der Waals surface area contributed by atoms with Crippen molar-refractivity contribution in [3.63, 3.8) is 0 Å². The highest BCUT2D eigenvalue weighted by Crippen LogP contribution is 2.37. The lowest BCUT2D eigenvalue weighted by Crippen LogP contribution is -1.93. The second-order valence-electron chi connectivity index (χ2n) is 4.98. The molecular weight excluding hydrogens is 305 g/mol. The molecular formula is C16H11Cl2N3. The quantitative estimate of drug-likeness (QED) is 0.529. The molecule has 4 rings (SSSR count). The van der Waals surface area contributed by atoms with E-state index in [4.69, 9.17) is 28.2 Å². The summed E-state index contributed by atoms with van der Waals surface area (Å²) in [6.45, 7) is 2.10. The SMILES string of the molecule is CCc1c2nc3ccccc3c2cc2c(Cl)n[nH]c(Cl)c12. The highest BCUT2D eigenvalue weighted by Gasteiger charge is 2.16. The zero-order chi connectivity index (χ0) is 14.6. The number of nitrogens with zero attached hydrogens (tertiary/aromatic N) is 2. The number of aryl methyl sites for hydroxylation is 1. The van der Waals surface area contributed by atoms with Crippen LogP contribution in [0.4, 0.5) is 0 Å². The van der Waals surface area contributed by atoms with Gasteiger partial charge in [-0.3, -0.25) is 5.10 Å². The summed E-state index contributed by atoms with van der Waals surface area (Å²) < 4.78 is 0. The normalized spacial score (nSPS) is 11.8. The number of hydrogen-bond acceptors (Lipinski definition) is 2. The van der Waals surface area contributed by atoms with E-state index in [0.717, 1.165) is 44.6 Å². The molecule has 5 heteroatoms. The van der Waals surface area contributed by atoms with Gasteiger partial charge in [-0.25, -0.2) is 4.98 Å². The monoisotopic (exact) mass is 315 g/mol. The fourth-order valence-corrected chi connectivity index (χ4v) is 3.40. The molecule has 0 amide bonds. The van der Waals surface area contributed by atoms with Crippen molar-refractivity contribution >= 4 is 55.8 Å². The van der Waals surface area contributed by atoms with Crippen molar-refractivity contribution in [2.24, 2.45) is 0 Å². The first-order valence-electron chi connectivity index (χ1n) is 6.74. The molecule has 0 fully saturated rings. The average Bonchev–Trinajstić information content (AvgIpc) is 2.87. The molecule has 1 N–H and O–H groups in total. The third kappa shape index (κ3) is 1.74. The Bertz CT molecular complexity index is 1000. The predicted molar refractivity (Wildman–Crippen MR) is 88.3 cm³/mol. The van der Waals surface area contributed by atoms with Crippen LogP contribution in [0.15, 0.2) is 30.3 Å². The molecule has 4 aromatic rings. The smallest absolute Gasteiger partial charge is 0.157 e. The summed E-state index contributed by atoms with van der Waals surface area (Å²) in [5.41, 5.74) is 3.08. The van der Waals surface area contributed by atoms with Gasteiger partial charge in [0.2, 0.25) is 0 Å². The molecule has 0 atom stereocenters. The van der Waals surface area contributed by atoms with Crippen LogP contribution in [0.5, 0.6) is 0 Å². The van der Waals surface area contributed by atoms with E-state index in [-0.39, 0.29) is 0 Å². The Labute approximate surface area is 130 Å². The van der Waals surface area contributed by atoms with E-state index in [1.54, 1.807) is 0 Å². The number of hydrogen-bond donors (Lipinski definition) is 1. The molecule has 0 aliphatic carbocycles. The number of aromatic nitrogens is 3. The maximum atomic E-state index is 6.31. The van der Waals surface area contributed by atoms with Gasteiger partial charge in [0, 0.05) is 21.5 Å². The molecule has 0 saturated heterocycles. The first-order chi connectivity index (χ1) is 10.2. The van der Waals surface area contributed by atoms with Crippen LogP contribution in [0.3, 0.4) is 0 Å². The largest absolute Gasteiger partial charge is 0.265 e. The third-order valence-electron chi connectivity index (χ3n) is 3.87. The highest BCUT2D eigenvalue weighted by molar-refractivity contribution is 6.39. The summed E-state index contributed by atoms with van der Waals surface area (Å²) in [6.07, 6.45) is 0.824. The first-order valence-corrected chi connectivity index (χ1v) is 7.49. The molecule has 0 aliphatic heterocycles. The maximum Gasteiger partial charge on any atom is 0.157 e. The number of benzene rings is 2. The minimum Gasteiger partial charge on any atom is -0.265 e. The lowest BCUT2D eigenvalue weighted by molar-refractivity contribution is 1.05. The van der Waals surface area contributed by atoms with Gasteiger partial charge in [-0.05, 0) is 24.1 Å². The second kappa shape index (κ2) is 4.58. The Morgan fingerprint density at radius 1 is 1.10 bits per heavy atom. The Morgan fingerprint density at radius 3 is 2.71 bits per heavy atom. The van der Waals surface area contributed by atoms with Gasteiger partial charge in [0.25, 0.3) is 0 Å². The molecule has 3 nitrogen and oxygen atoms in total. The van der Waals surface area contributed by atoms with Crippen LogP contribution < -0.4 is 0 Å². The van der Waals surface area contributed by atoms with Crippen LogP contribution >= 0.6 is 23.2 Å². The predicted octanol–water partition coefficient (Wildman–Crippen LogP) is 5.13. The summed E-state index contributed by atoms with van der Waals surface area (Å²) >= 11 is 12.6. The summed E-state index contributed by atoms with van der Waals surface area (Å²) in [4.78, 5) is 4.77. The van der Waals surface area contributed by atoms with Crippen molar-refractivity contribution < 1.29 is 0 Å². The topological polar surface area (TPSA) is 41.6 Å². The first kappa shape index (κ1) is 12.9. The van der Waals surface area contributed by atoms with E-state index in [2.05, 4.69) is 23.2 Å². The lowest BCUT2D eigenvalue weighted by Gasteiger charge is -2.09. The van der Waals surface area contributed by atoms with Crippen molar-refractivity contribution in [1.82, 2.24) is 15.2 Å². The van der Waals surface area contributed by atoms with Crippen LogP contribution in [-0.4, -0.2) is 15.2 Å². The number of rotatable bonds is 1. The molecule has 104 valence electrons. The minimum atomic E-state index is 0.427. The molecule has 0 radical (unpaired) electrons. The molecule has 0 bridgehead atoms. The zero-order valence-corrected chi connectivity index (χ0v) is 12.8. The van der Waals surface area contributed by atoms with Gasteiger partial charge in [-0.2, -0.15) is 5.10 Å². The van der Waals surface area contributed by atoms with Gasteiger partial charge in [0.15, 0.2) is 5.15 Å². The number of nitrogens with one attached hydrogen (secondary N) is 1. The lowest BCUT2D eigenvalue weighted by atomic mass is 10.0. The Kier molecular flexibility index (Phi) is 2.81. The van der Waals surface area contributed by atoms with Gasteiger partial charge in [0.1, 0.15) is 5.15 Å². The van der Waals surface area contributed by atoms with Crippen molar-refractivity contribution in [3.8, 4) is 0 Å². The van der Waals surface area contributed by atoms with E-state index < -0.39 is 0 Å². The van der Waals surface area contributed by atoms with E-state index in [1.165, 1.54) is 0 Å². The second-order valence-corrected chi connectivity index (χ2v) is 5.72. The number of halogens is 2. The van der Waals surface area contributed by atoms with Crippen molar-refractivity contribution in [3.05, 3.63) is 46.2 Å². The average molecular weight is 316 g/mol. The number of para-hydroxylation sites is 1. The summed E-state index contributed by atoms with van der Waals surface area (Å²) in [6, 6.07) is 10.1. The Balaban J connectivity index is 2.34. The van der Waals surface area contributed by atoms with Crippen LogP contribution in [-0.2, 0) is 6.42 Å². The van der Waals surface area contributed by atoms with Crippen LogP contribution in [0, 0.1) is 0 Å². The fraction of sp³-hybridized carbons (Fsp3) is 0.125. The minimum absolute atomic E-state index is 0.427. The van der Waals surface area contributed by atoms with Crippen LogP contribution in [0.1, 0.15) is 12.5 Å². The summed E-state index contributed by atoms with van der Waals surface area (Å²) in [5, 5.41) is 11.7. The van der Waals surface area contributed by atoms with Gasteiger partial charge in [-0.1, -0.05) is 48.3 Å². The van der Waals surface area contributed by atoms with Gasteiger partial charge < -0.3 is 0 Å². The Hall–Kier alpha value is -1.84. The van der Waals surface area contributed by atoms with E-state index in [1.807, 2.05) is 24.3 Å². The number of H-pyrrole nitrogens is 1. The van der Waals surface area contributed by atoms with Crippen molar-refractivity contribution in [2.75, 3.05) is 0 Å². The van der Waals surface area contributed by atoms with Crippen LogP contribution in [0.25, 0.3) is 32.6 Å². The molecule has 0 saturated carbocycles. The van der Waals surface area contributed by atoms with Crippen LogP contribution in [0.2, 0.25) is 10.3 Å². The summed E-state index contributed by atoms with van der Waals surface area (Å²) in [5.74, 6) is 0.